The number of benzene rings is 2. The van der Waals surface area contributed by atoms with E-state index in [2.05, 4.69) is 0 Å². The summed E-state index contributed by atoms with van der Waals surface area (Å²) in [4.78, 5) is 29.9. The summed E-state index contributed by atoms with van der Waals surface area (Å²) < 4.78 is 85.7. The minimum atomic E-state index is -4.93. The Labute approximate surface area is 240 Å². The molecule has 0 bridgehead atoms. The summed E-state index contributed by atoms with van der Waals surface area (Å²) in [5, 5.41) is 0. The Morgan fingerprint density at radius 3 is 1.95 bits per heavy atom. The Balaban J connectivity index is 0.00000462. The fourth-order valence-electron chi connectivity index (χ4n) is 5.23. The van der Waals surface area contributed by atoms with E-state index in [4.69, 9.17) is 4.74 Å². The molecule has 2 amide bonds. The van der Waals surface area contributed by atoms with Crippen LogP contribution >= 0.6 is 12.4 Å². The summed E-state index contributed by atoms with van der Waals surface area (Å²) in [6.45, 7) is 4.03. The van der Waals surface area contributed by atoms with Crippen molar-refractivity contribution in [1.29, 1.82) is 0 Å². The molecule has 13 heteroatoms. The Morgan fingerprint density at radius 2 is 1.41 bits per heavy atom. The van der Waals surface area contributed by atoms with Gasteiger partial charge in [0.2, 0.25) is 11.8 Å². The van der Waals surface area contributed by atoms with Crippen molar-refractivity contribution in [2.45, 2.75) is 44.3 Å². The van der Waals surface area contributed by atoms with Crippen LogP contribution in [0.15, 0.2) is 48.5 Å². The lowest BCUT2D eigenvalue weighted by atomic mass is 9.87. The van der Waals surface area contributed by atoms with Crippen molar-refractivity contribution in [3.05, 3.63) is 70.8 Å². The molecule has 6 nitrogen and oxygen atoms in total. The number of nitrogens with zero attached hydrogens (tertiary/aromatic N) is 3. The SMILES string of the molecule is CC(=O)N1CCN(C(=O)CN2CC[C@H](OCc3cc(C(F)(F)F)cc(C(F)(F)F)c3)[C@H](c3ccccc3)C2)CC1.Cl. The van der Waals surface area contributed by atoms with Gasteiger partial charge < -0.3 is 14.5 Å². The molecule has 2 atom stereocenters. The third kappa shape index (κ3) is 8.59. The molecule has 2 aromatic carbocycles. The molecule has 0 N–H and O–H groups in total. The minimum Gasteiger partial charge on any atom is -0.373 e. The summed E-state index contributed by atoms with van der Waals surface area (Å²) in [5.41, 5.74) is -2.06. The first-order chi connectivity index (χ1) is 18.8. The number of amides is 2. The summed E-state index contributed by atoms with van der Waals surface area (Å²) >= 11 is 0. The van der Waals surface area contributed by atoms with Crippen LogP contribution in [-0.4, -0.2) is 78.4 Å². The monoisotopic (exact) mass is 607 g/mol. The standard InChI is InChI=1S/C28H31F6N3O3.ClH/c1-19(38)36-9-11-37(12-10-36)26(39)17-35-8-7-25(24(16-35)21-5-3-2-4-6-21)40-18-20-13-22(27(29,30)31)15-23(14-20)28(32,33)34;/h2-6,13-15,24-25H,7-12,16-18H2,1H3;1H/t24-,25-;/m0./s1. The second-order valence-electron chi connectivity index (χ2n) is 10.2. The zero-order valence-electron chi connectivity index (χ0n) is 22.4. The number of hydrogen-bond donors (Lipinski definition) is 0. The van der Waals surface area contributed by atoms with E-state index >= 15 is 0 Å². The molecule has 2 aliphatic heterocycles. The number of alkyl halides is 6. The van der Waals surface area contributed by atoms with Gasteiger partial charge in [-0.15, -0.1) is 12.4 Å². The molecule has 2 fully saturated rings. The molecule has 226 valence electrons. The molecule has 2 saturated heterocycles. The van der Waals surface area contributed by atoms with Crippen LogP contribution in [0.1, 0.15) is 41.5 Å². The number of likely N-dealkylation sites (tertiary alicyclic amines) is 1. The minimum absolute atomic E-state index is 0. The van der Waals surface area contributed by atoms with E-state index in [0.29, 0.717) is 57.8 Å². The fourth-order valence-corrected chi connectivity index (χ4v) is 5.23. The van der Waals surface area contributed by atoms with Crippen molar-refractivity contribution < 1.29 is 40.7 Å². The van der Waals surface area contributed by atoms with E-state index in [1.807, 2.05) is 35.2 Å². The second-order valence-corrected chi connectivity index (χ2v) is 10.2. The highest BCUT2D eigenvalue weighted by molar-refractivity contribution is 5.85. The third-order valence-electron chi connectivity index (χ3n) is 7.41. The van der Waals surface area contributed by atoms with Gasteiger partial charge in [-0.2, -0.15) is 26.3 Å². The Hall–Kier alpha value is -2.83. The van der Waals surface area contributed by atoms with Crippen molar-refractivity contribution in [3.8, 4) is 0 Å². The first-order valence-electron chi connectivity index (χ1n) is 13.0. The largest absolute Gasteiger partial charge is 0.416 e. The van der Waals surface area contributed by atoms with Crippen LogP contribution in [0.2, 0.25) is 0 Å². The van der Waals surface area contributed by atoms with Gasteiger partial charge in [-0.1, -0.05) is 30.3 Å². The maximum absolute atomic E-state index is 13.3. The number of piperazine rings is 1. The molecular formula is C28H32ClF6N3O3. The van der Waals surface area contributed by atoms with E-state index in [1.54, 1.807) is 9.80 Å². The first kappa shape index (κ1) is 32.7. The smallest absolute Gasteiger partial charge is 0.373 e. The highest BCUT2D eigenvalue weighted by Crippen LogP contribution is 2.37. The van der Waals surface area contributed by atoms with Gasteiger partial charge >= 0.3 is 12.4 Å². The quantitative estimate of drug-likeness (QED) is 0.423. The number of carbonyl (C=O) groups is 2. The molecule has 4 rings (SSSR count). The molecule has 0 saturated carbocycles. The molecule has 2 aromatic rings. The zero-order valence-corrected chi connectivity index (χ0v) is 23.2. The molecule has 0 radical (unpaired) electrons. The van der Waals surface area contributed by atoms with Crippen LogP contribution in [0.3, 0.4) is 0 Å². The maximum Gasteiger partial charge on any atom is 0.416 e. The van der Waals surface area contributed by atoms with Crippen molar-refractivity contribution in [2.75, 3.05) is 45.8 Å². The van der Waals surface area contributed by atoms with Gasteiger partial charge in [-0.05, 0) is 35.7 Å². The Bertz CT molecular complexity index is 1150. The highest BCUT2D eigenvalue weighted by atomic mass is 35.5. The van der Waals surface area contributed by atoms with E-state index in [9.17, 15) is 35.9 Å². The van der Waals surface area contributed by atoms with Gasteiger partial charge in [0.05, 0.1) is 30.4 Å². The summed E-state index contributed by atoms with van der Waals surface area (Å²) in [7, 11) is 0. The topological polar surface area (TPSA) is 53.1 Å². The van der Waals surface area contributed by atoms with E-state index in [0.717, 1.165) is 5.56 Å². The third-order valence-corrected chi connectivity index (χ3v) is 7.41. The van der Waals surface area contributed by atoms with Crippen LogP contribution in [0.4, 0.5) is 26.3 Å². The maximum atomic E-state index is 13.3. The molecule has 2 heterocycles. The average Bonchev–Trinajstić information content (AvgIpc) is 2.91. The lowest BCUT2D eigenvalue weighted by molar-refractivity contribution is -0.143. The van der Waals surface area contributed by atoms with Crippen LogP contribution in [0.5, 0.6) is 0 Å². The second kappa shape index (κ2) is 13.4. The summed E-state index contributed by atoms with van der Waals surface area (Å²) in [6.07, 6.45) is -9.90. The van der Waals surface area contributed by atoms with Gasteiger partial charge in [0.25, 0.3) is 0 Å². The lowest BCUT2D eigenvalue weighted by Crippen LogP contribution is -2.53. The summed E-state index contributed by atoms with van der Waals surface area (Å²) in [6, 6.07) is 10.8. The predicted molar refractivity (Wildman–Crippen MR) is 141 cm³/mol. The van der Waals surface area contributed by atoms with Gasteiger partial charge in [-0.25, -0.2) is 0 Å². The van der Waals surface area contributed by atoms with Crippen LogP contribution in [0.25, 0.3) is 0 Å². The molecule has 2 aliphatic rings. The number of rotatable bonds is 6. The highest BCUT2D eigenvalue weighted by Gasteiger charge is 2.38. The van der Waals surface area contributed by atoms with Crippen molar-refractivity contribution in [2.24, 2.45) is 0 Å². The number of ether oxygens (including phenoxy) is 1. The van der Waals surface area contributed by atoms with Crippen molar-refractivity contribution >= 4 is 24.2 Å². The fraction of sp³-hybridized carbons (Fsp3) is 0.500. The Kier molecular flexibility index (Phi) is 10.7. The molecule has 41 heavy (non-hydrogen) atoms. The molecular weight excluding hydrogens is 576 g/mol. The van der Waals surface area contributed by atoms with E-state index < -0.39 is 36.2 Å². The van der Waals surface area contributed by atoms with Crippen LogP contribution in [-0.2, 0) is 33.3 Å². The van der Waals surface area contributed by atoms with Gasteiger partial charge in [0.1, 0.15) is 0 Å². The average molecular weight is 608 g/mol. The normalized spacial score (nSPS) is 20.5. The Morgan fingerprint density at radius 1 is 0.854 bits per heavy atom. The van der Waals surface area contributed by atoms with Gasteiger partial charge in [0.15, 0.2) is 0 Å². The number of piperidine rings is 1. The number of hydrogen-bond acceptors (Lipinski definition) is 4. The van der Waals surface area contributed by atoms with Crippen molar-refractivity contribution in [1.82, 2.24) is 14.7 Å². The number of halogens is 7. The molecule has 0 aliphatic carbocycles. The van der Waals surface area contributed by atoms with Crippen LogP contribution < -0.4 is 0 Å². The zero-order chi connectivity index (χ0) is 29.1. The van der Waals surface area contributed by atoms with E-state index in [-0.39, 0.29) is 48.3 Å². The predicted octanol–water partition coefficient (Wildman–Crippen LogP) is 5.21. The lowest BCUT2D eigenvalue weighted by Gasteiger charge is -2.40. The first-order valence-corrected chi connectivity index (χ1v) is 13.0. The number of carbonyl (C=O) groups excluding carboxylic acids is 2. The van der Waals surface area contributed by atoms with Crippen LogP contribution in [0, 0.1) is 0 Å². The van der Waals surface area contributed by atoms with Gasteiger partial charge in [0, 0.05) is 52.1 Å². The van der Waals surface area contributed by atoms with E-state index in [1.165, 1.54) is 6.92 Å². The van der Waals surface area contributed by atoms with Gasteiger partial charge in [-0.3, -0.25) is 14.5 Å². The van der Waals surface area contributed by atoms with Crippen molar-refractivity contribution in [3.63, 3.8) is 0 Å². The summed E-state index contributed by atoms with van der Waals surface area (Å²) in [5.74, 6) is -0.331. The molecule has 0 unspecified atom stereocenters. The molecule has 0 aromatic heterocycles. The molecule has 0 spiro atoms.